The molecular formula is C21H22N2O2. The van der Waals surface area contributed by atoms with Gasteiger partial charge in [0, 0.05) is 32.1 Å². The summed E-state index contributed by atoms with van der Waals surface area (Å²) < 4.78 is 5.91. The highest BCUT2D eigenvalue weighted by molar-refractivity contribution is 6.01. The second-order valence-corrected chi connectivity index (χ2v) is 7.28. The van der Waals surface area contributed by atoms with Crippen LogP contribution in [0.5, 0.6) is 5.75 Å². The van der Waals surface area contributed by atoms with Crippen molar-refractivity contribution in [1.29, 1.82) is 0 Å². The SMILES string of the molecule is O=C1[C@@H]2CN(Cc3ccccc3)C[C@@H]2c2cccc3c2N1CCCO3. The predicted molar refractivity (Wildman–Crippen MR) is 96.9 cm³/mol. The molecule has 0 bridgehead atoms. The Kier molecular flexibility index (Phi) is 3.52. The van der Waals surface area contributed by atoms with E-state index in [0.29, 0.717) is 6.61 Å². The van der Waals surface area contributed by atoms with Crippen molar-refractivity contribution in [3.63, 3.8) is 0 Å². The minimum absolute atomic E-state index is 0.0737. The molecule has 4 heteroatoms. The van der Waals surface area contributed by atoms with Crippen LogP contribution in [0.1, 0.15) is 23.5 Å². The standard InChI is InChI=1S/C21H22N2O2/c24-21-18-14-22(12-15-6-2-1-3-7-15)13-17(18)16-8-4-9-19-20(16)23(21)10-5-11-25-19/h1-4,6-9,17-18H,5,10-14H2/t17-,18-/m1/s1. The minimum Gasteiger partial charge on any atom is -0.491 e. The summed E-state index contributed by atoms with van der Waals surface area (Å²) >= 11 is 0. The number of rotatable bonds is 2. The van der Waals surface area contributed by atoms with Gasteiger partial charge in [-0.1, -0.05) is 42.5 Å². The zero-order valence-corrected chi connectivity index (χ0v) is 14.2. The Balaban J connectivity index is 1.49. The number of nitrogens with zero attached hydrogens (tertiary/aromatic N) is 2. The Morgan fingerprint density at radius 3 is 2.72 bits per heavy atom. The van der Waals surface area contributed by atoms with Gasteiger partial charge in [0.2, 0.25) is 5.91 Å². The van der Waals surface area contributed by atoms with Crippen LogP contribution in [0.15, 0.2) is 48.5 Å². The van der Waals surface area contributed by atoms with Gasteiger partial charge in [-0.2, -0.15) is 0 Å². The van der Waals surface area contributed by atoms with Gasteiger partial charge in [-0.25, -0.2) is 0 Å². The van der Waals surface area contributed by atoms with E-state index in [1.807, 2.05) is 17.0 Å². The van der Waals surface area contributed by atoms with E-state index in [2.05, 4.69) is 41.3 Å². The van der Waals surface area contributed by atoms with Gasteiger partial charge in [-0.15, -0.1) is 0 Å². The van der Waals surface area contributed by atoms with E-state index in [4.69, 9.17) is 4.74 Å². The highest BCUT2D eigenvalue weighted by Crippen LogP contribution is 2.48. The quantitative estimate of drug-likeness (QED) is 0.846. The third-order valence-electron chi connectivity index (χ3n) is 5.71. The van der Waals surface area contributed by atoms with Crippen LogP contribution in [0.25, 0.3) is 0 Å². The van der Waals surface area contributed by atoms with Crippen molar-refractivity contribution in [3.05, 3.63) is 59.7 Å². The van der Waals surface area contributed by atoms with Crippen molar-refractivity contribution in [3.8, 4) is 5.75 Å². The van der Waals surface area contributed by atoms with Gasteiger partial charge in [0.05, 0.1) is 18.2 Å². The second-order valence-electron chi connectivity index (χ2n) is 7.28. The van der Waals surface area contributed by atoms with Crippen LogP contribution in [-0.4, -0.2) is 37.0 Å². The molecule has 0 radical (unpaired) electrons. The van der Waals surface area contributed by atoms with E-state index in [1.165, 1.54) is 11.1 Å². The molecule has 4 nitrogen and oxygen atoms in total. The molecular weight excluding hydrogens is 312 g/mol. The van der Waals surface area contributed by atoms with Crippen molar-refractivity contribution in [2.45, 2.75) is 18.9 Å². The van der Waals surface area contributed by atoms with Gasteiger partial charge in [-0.05, 0) is 23.6 Å². The lowest BCUT2D eigenvalue weighted by Crippen LogP contribution is -2.43. The maximum atomic E-state index is 13.2. The Hall–Kier alpha value is -2.33. The maximum Gasteiger partial charge on any atom is 0.232 e. The summed E-state index contributed by atoms with van der Waals surface area (Å²) in [6.07, 6.45) is 0.894. The molecule has 1 fully saturated rings. The fraction of sp³-hybridized carbons (Fsp3) is 0.381. The molecule has 128 valence electrons. The molecule has 0 aliphatic carbocycles. The first-order chi connectivity index (χ1) is 12.3. The van der Waals surface area contributed by atoms with Crippen LogP contribution in [0.4, 0.5) is 5.69 Å². The first-order valence-electron chi connectivity index (χ1n) is 9.14. The molecule has 0 unspecified atom stereocenters. The highest BCUT2D eigenvalue weighted by Gasteiger charge is 2.46. The van der Waals surface area contributed by atoms with Crippen LogP contribution in [0.3, 0.4) is 0 Å². The van der Waals surface area contributed by atoms with Crippen molar-refractivity contribution < 1.29 is 9.53 Å². The molecule has 3 aliphatic rings. The summed E-state index contributed by atoms with van der Waals surface area (Å²) in [6.45, 7) is 4.15. The molecule has 0 aromatic heterocycles. The summed E-state index contributed by atoms with van der Waals surface area (Å²) in [5.74, 6) is 1.52. The summed E-state index contributed by atoms with van der Waals surface area (Å²) in [7, 11) is 0. The zero-order chi connectivity index (χ0) is 16.8. The number of likely N-dealkylation sites (tertiary alicyclic amines) is 1. The van der Waals surface area contributed by atoms with Gasteiger partial charge in [-0.3, -0.25) is 9.69 Å². The maximum absolute atomic E-state index is 13.2. The van der Waals surface area contributed by atoms with E-state index < -0.39 is 0 Å². The number of carbonyl (C=O) groups is 1. The van der Waals surface area contributed by atoms with Crippen molar-refractivity contribution in [2.24, 2.45) is 5.92 Å². The number of amides is 1. The summed E-state index contributed by atoms with van der Waals surface area (Å²) in [5.41, 5.74) is 3.64. The Bertz CT molecular complexity index is 805. The van der Waals surface area contributed by atoms with Gasteiger partial charge in [0.15, 0.2) is 0 Å². The number of carbonyl (C=O) groups excluding carboxylic acids is 1. The van der Waals surface area contributed by atoms with E-state index >= 15 is 0 Å². The lowest BCUT2D eigenvalue weighted by Gasteiger charge is -2.35. The average molecular weight is 334 g/mol. The van der Waals surface area contributed by atoms with E-state index in [1.54, 1.807) is 0 Å². The first-order valence-corrected chi connectivity index (χ1v) is 9.14. The number of anilines is 1. The highest BCUT2D eigenvalue weighted by atomic mass is 16.5. The normalized spacial score (nSPS) is 25.1. The Morgan fingerprint density at radius 2 is 1.84 bits per heavy atom. The van der Waals surface area contributed by atoms with Crippen molar-refractivity contribution >= 4 is 11.6 Å². The number of hydrogen-bond acceptors (Lipinski definition) is 3. The monoisotopic (exact) mass is 334 g/mol. The molecule has 3 aliphatic heterocycles. The Labute approximate surface area is 148 Å². The van der Waals surface area contributed by atoms with Crippen molar-refractivity contribution in [1.82, 2.24) is 4.90 Å². The molecule has 0 saturated carbocycles. The molecule has 2 aromatic rings. The second kappa shape index (κ2) is 5.88. The largest absolute Gasteiger partial charge is 0.491 e. The molecule has 2 aromatic carbocycles. The first kappa shape index (κ1) is 15.0. The number of fused-ring (bicyclic) bond motifs is 2. The van der Waals surface area contributed by atoms with Crippen molar-refractivity contribution in [2.75, 3.05) is 31.1 Å². The average Bonchev–Trinajstić information content (AvgIpc) is 2.93. The number of hydrogen-bond donors (Lipinski definition) is 0. The minimum atomic E-state index is 0.0737. The summed E-state index contributed by atoms with van der Waals surface area (Å²) in [6, 6.07) is 16.8. The van der Waals surface area contributed by atoms with Crippen LogP contribution >= 0.6 is 0 Å². The smallest absolute Gasteiger partial charge is 0.232 e. The zero-order valence-electron chi connectivity index (χ0n) is 14.2. The van der Waals surface area contributed by atoms with E-state index in [-0.39, 0.29) is 17.7 Å². The van der Waals surface area contributed by atoms with E-state index in [9.17, 15) is 4.79 Å². The molecule has 3 heterocycles. The van der Waals surface area contributed by atoms with Gasteiger partial charge in [0.25, 0.3) is 0 Å². The van der Waals surface area contributed by atoms with Crippen LogP contribution in [0, 0.1) is 5.92 Å². The van der Waals surface area contributed by atoms with Gasteiger partial charge >= 0.3 is 0 Å². The lowest BCUT2D eigenvalue weighted by molar-refractivity contribution is -0.122. The topological polar surface area (TPSA) is 32.8 Å². The molecule has 1 amide bonds. The van der Waals surface area contributed by atoms with Crippen LogP contribution < -0.4 is 9.64 Å². The molecule has 0 N–H and O–H groups in total. The summed E-state index contributed by atoms with van der Waals surface area (Å²) in [4.78, 5) is 17.6. The third-order valence-corrected chi connectivity index (χ3v) is 5.71. The van der Waals surface area contributed by atoms with Crippen LogP contribution in [-0.2, 0) is 11.3 Å². The molecule has 5 rings (SSSR count). The third kappa shape index (κ3) is 2.44. The molecule has 25 heavy (non-hydrogen) atoms. The fourth-order valence-electron chi connectivity index (χ4n) is 4.60. The van der Waals surface area contributed by atoms with Gasteiger partial charge < -0.3 is 9.64 Å². The molecule has 1 saturated heterocycles. The molecule has 2 atom stereocenters. The lowest BCUT2D eigenvalue weighted by atomic mass is 9.83. The number of para-hydroxylation sites is 1. The number of benzene rings is 2. The summed E-state index contributed by atoms with van der Waals surface area (Å²) in [5, 5.41) is 0. The Morgan fingerprint density at radius 1 is 1.00 bits per heavy atom. The van der Waals surface area contributed by atoms with Gasteiger partial charge in [0.1, 0.15) is 5.75 Å². The van der Waals surface area contributed by atoms with Crippen LogP contribution in [0.2, 0.25) is 0 Å². The molecule has 0 spiro atoms. The van der Waals surface area contributed by atoms with E-state index in [0.717, 1.165) is 44.0 Å². The number of ether oxygens (including phenoxy) is 1. The predicted octanol–water partition coefficient (Wildman–Crippen LogP) is 3.03. The fourth-order valence-corrected chi connectivity index (χ4v) is 4.60.